The van der Waals surface area contributed by atoms with Gasteiger partial charge in [-0.2, -0.15) is 9.61 Å². The first-order valence-corrected chi connectivity index (χ1v) is 9.90. The molecule has 0 spiro atoms. The lowest BCUT2D eigenvalue weighted by Crippen LogP contribution is -2.25. The SMILES string of the molecule is CC(C)(C)OC(=O)c1c(OCc2ccccc2)cc(Oc2ccccc2)n2ncnc12. The Balaban J connectivity index is 1.78. The van der Waals surface area contributed by atoms with E-state index in [-0.39, 0.29) is 12.2 Å². The third-order valence-electron chi connectivity index (χ3n) is 4.29. The fraction of sp³-hybridized carbons (Fsp3) is 0.208. The monoisotopic (exact) mass is 417 g/mol. The van der Waals surface area contributed by atoms with E-state index in [9.17, 15) is 4.79 Å². The summed E-state index contributed by atoms with van der Waals surface area (Å²) < 4.78 is 19.1. The molecule has 0 unspecified atom stereocenters. The molecule has 31 heavy (non-hydrogen) atoms. The number of nitrogens with zero attached hydrogens (tertiary/aromatic N) is 3. The Morgan fingerprint density at radius 2 is 1.68 bits per heavy atom. The third-order valence-corrected chi connectivity index (χ3v) is 4.29. The first-order chi connectivity index (χ1) is 14.9. The molecule has 0 N–H and O–H groups in total. The normalized spacial score (nSPS) is 11.3. The summed E-state index contributed by atoms with van der Waals surface area (Å²) in [6.07, 6.45) is 1.36. The molecule has 0 amide bonds. The predicted molar refractivity (Wildman–Crippen MR) is 115 cm³/mol. The molecule has 7 nitrogen and oxygen atoms in total. The first-order valence-electron chi connectivity index (χ1n) is 9.90. The van der Waals surface area contributed by atoms with Crippen LogP contribution >= 0.6 is 0 Å². The minimum atomic E-state index is -0.677. The molecule has 2 aromatic heterocycles. The van der Waals surface area contributed by atoms with Crippen LogP contribution in [0.1, 0.15) is 36.7 Å². The van der Waals surface area contributed by atoms with E-state index in [0.717, 1.165) is 5.56 Å². The van der Waals surface area contributed by atoms with Crippen LogP contribution in [0, 0.1) is 0 Å². The molecule has 0 aliphatic carbocycles. The quantitative estimate of drug-likeness (QED) is 0.409. The Morgan fingerprint density at radius 3 is 2.35 bits per heavy atom. The van der Waals surface area contributed by atoms with Crippen molar-refractivity contribution in [3.8, 4) is 17.4 Å². The molecule has 0 bridgehead atoms. The van der Waals surface area contributed by atoms with E-state index in [1.165, 1.54) is 10.8 Å². The van der Waals surface area contributed by atoms with Crippen molar-refractivity contribution >= 4 is 11.6 Å². The molecule has 4 rings (SSSR count). The van der Waals surface area contributed by atoms with Crippen molar-refractivity contribution in [3.63, 3.8) is 0 Å². The van der Waals surface area contributed by atoms with E-state index in [4.69, 9.17) is 14.2 Å². The van der Waals surface area contributed by atoms with Crippen LogP contribution < -0.4 is 9.47 Å². The highest BCUT2D eigenvalue weighted by atomic mass is 16.6. The average Bonchev–Trinajstić information content (AvgIpc) is 3.22. The number of carbonyl (C=O) groups excluding carboxylic acids is 1. The maximum atomic E-state index is 13.0. The molecule has 7 heteroatoms. The largest absolute Gasteiger partial charge is 0.488 e. The van der Waals surface area contributed by atoms with Crippen LogP contribution in [0.5, 0.6) is 17.4 Å². The first kappa shape index (κ1) is 20.4. The van der Waals surface area contributed by atoms with Crippen LogP contribution in [0.3, 0.4) is 0 Å². The lowest BCUT2D eigenvalue weighted by Gasteiger charge is -2.21. The maximum absolute atomic E-state index is 13.0. The van der Waals surface area contributed by atoms with Gasteiger partial charge in [-0.15, -0.1) is 0 Å². The summed E-state index contributed by atoms with van der Waals surface area (Å²) in [6, 6.07) is 20.6. The Labute approximate surface area is 180 Å². The molecule has 0 atom stereocenters. The van der Waals surface area contributed by atoms with Gasteiger partial charge in [0.15, 0.2) is 5.65 Å². The van der Waals surface area contributed by atoms with Gasteiger partial charge in [0.1, 0.15) is 35.6 Å². The number of esters is 1. The fourth-order valence-electron chi connectivity index (χ4n) is 2.98. The van der Waals surface area contributed by atoms with Gasteiger partial charge >= 0.3 is 5.97 Å². The number of para-hydroxylation sites is 1. The van der Waals surface area contributed by atoms with Gasteiger partial charge < -0.3 is 14.2 Å². The van der Waals surface area contributed by atoms with Crippen LogP contribution in [0.25, 0.3) is 5.65 Å². The van der Waals surface area contributed by atoms with Gasteiger partial charge in [0.05, 0.1) is 0 Å². The number of ether oxygens (including phenoxy) is 3. The predicted octanol–water partition coefficient (Wildman–Crippen LogP) is 5.06. The van der Waals surface area contributed by atoms with Crippen molar-refractivity contribution in [3.05, 3.63) is 84.2 Å². The van der Waals surface area contributed by atoms with Crippen molar-refractivity contribution in [2.75, 3.05) is 0 Å². The van der Waals surface area contributed by atoms with Crippen LogP contribution in [0.2, 0.25) is 0 Å². The van der Waals surface area contributed by atoms with Gasteiger partial charge in [0, 0.05) is 6.07 Å². The number of hydrogen-bond acceptors (Lipinski definition) is 6. The highest BCUT2D eigenvalue weighted by Crippen LogP contribution is 2.33. The van der Waals surface area contributed by atoms with Crippen molar-refractivity contribution in [2.45, 2.75) is 33.0 Å². The number of carbonyl (C=O) groups is 1. The zero-order valence-electron chi connectivity index (χ0n) is 17.6. The second-order valence-electron chi connectivity index (χ2n) is 7.91. The van der Waals surface area contributed by atoms with Crippen LogP contribution in [0.15, 0.2) is 73.1 Å². The number of aromatic nitrogens is 3. The van der Waals surface area contributed by atoms with E-state index >= 15 is 0 Å². The number of benzene rings is 2. The van der Waals surface area contributed by atoms with Crippen molar-refractivity contribution in [2.24, 2.45) is 0 Å². The number of fused-ring (bicyclic) bond motifs is 1. The highest BCUT2D eigenvalue weighted by molar-refractivity contribution is 5.99. The zero-order valence-corrected chi connectivity index (χ0v) is 17.6. The smallest absolute Gasteiger partial charge is 0.346 e. The molecule has 0 radical (unpaired) electrons. The molecule has 0 fully saturated rings. The highest BCUT2D eigenvalue weighted by Gasteiger charge is 2.27. The van der Waals surface area contributed by atoms with Gasteiger partial charge in [0.2, 0.25) is 5.88 Å². The second kappa shape index (κ2) is 8.47. The van der Waals surface area contributed by atoms with Gasteiger partial charge in [-0.1, -0.05) is 48.5 Å². The molecular weight excluding hydrogens is 394 g/mol. The van der Waals surface area contributed by atoms with Crippen LogP contribution in [0.4, 0.5) is 0 Å². The summed E-state index contributed by atoms with van der Waals surface area (Å²) in [7, 11) is 0. The van der Waals surface area contributed by atoms with Gasteiger partial charge in [-0.3, -0.25) is 0 Å². The molecule has 4 aromatic rings. The standard InChI is InChI=1S/C24H23N3O4/c1-24(2,3)31-23(28)21-19(29-15-17-10-6-4-7-11-17)14-20(27-22(21)25-16-26-27)30-18-12-8-5-9-13-18/h4-14,16H,15H2,1-3H3. The van der Waals surface area contributed by atoms with E-state index in [2.05, 4.69) is 10.1 Å². The van der Waals surface area contributed by atoms with Crippen molar-refractivity contribution < 1.29 is 19.0 Å². The lowest BCUT2D eigenvalue weighted by molar-refractivity contribution is 0.00670. The minimum absolute atomic E-state index is 0.198. The molecule has 158 valence electrons. The van der Waals surface area contributed by atoms with Gasteiger partial charge in [-0.05, 0) is 38.5 Å². The average molecular weight is 417 g/mol. The molecule has 0 saturated carbocycles. The molecule has 0 aliphatic rings. The van der Waals surface area contributed by atoms with Gasteiger partial charge in [0.25, 0.3) is 0 Å². The second-order valence-corrected chi connectivity index (χ2v) is 7.91. The molecule has 2 aromatic carbocycles. The third kappa shape index (κ3) is 4.83. The van der Waals surface area contributed by atoms with Crippen LogP contribution in [-0.4, -0.2) is 26.2 Å². The summed E-state index contributed by atoms with van der Waals surface area (Å²) in [5, 5.41) is 4.23. The molecule has 0 aliphatic heterocycles. The zero-order chi connectivity index (χ0) is 21.8. The van der Waals surface area contributed by atoms with Gasteiger partial charge in [-0.25, -0.2) is 9.78 Å². The fourth-order valence-corrected chi connectivity index (χ4v) is 2.98. The van der Waals surface area contributed by atoms with Crippen molar-refractivity contribution in [1.82, 2.24) is 14.6 Å². The summed E-state index contributed by atoms with van der Waals surface area (Å²) in [6.45, 7) is 5.70. The van der Waals surface area contributed by atoms with Crippen molar-refractivity contribution in [1.29, 1.82) is 0 Å². The number of pyridine rings is 1. The van der Waals surface area contributed by atoms with Crippen LogP contribution in [-0.2, 0) is 11.3 Å². The summed E-state index contributed by atoms with van der Waals surface area (Å²) in [5.41, 5.74) is 0.781. The summed E-state index contributed by atoms with van der Waals surface area (Å²) >= 11 is 0. The lowest BCUT2D eigenvalue weighted by atomic mass is 10.1. The van der Waals surface area contributed by atoms with E-state index in [1.54, 1.807) is 6.07 Å². The maximum Gasteiger partial charge on any atom is 0.346 e. The Kier molecular flexibility index (Phi) is 5.58. The number of rotatable bonds is 6. The Morgan fingerprint density at radius 1 is 1.00 bits per heavy atom. The Hall–Kier alpha value is -3.87. The molecule has 2 heterocycles. The Bertz CT molecular complexity index is 1180. The molecular formula is C24H23N3O4. The van der Waals surface area contributed by atoms with E-state index in [1.807, 2.05) is 81.4 Å². The number of hydrogen-bond donors (Lipinski definition) is 0. The van der Waals surface area contributed by atoms with E-state index < -0.39 is 11.6 Å². The topological polar surface area (TPSA) is 75.0 Å². The molecule has 0 saturated heterocycles. The van der Waals surface area contributed by atoms with E-state index in [0.29, 0.717) is 23.0 Å². The minimum Gasteiger partial charge on any atom is -0.488 e. The summed E-state index contributed by atoms with van der Waals surface area (Å²) in [4.78, 5) is 17.3. The summed E-state index contributed by atoms with van der Waals surface area (Å²) in [5.74, 6) is 0.761.